The fraction of sp³-hybridized carbons (Fsp3) is 0.167. The molecule has 0 saturated carbocycles. The average Bonchev–Trinajstić information content (AvgIpc) is 2.34. The molecule has 0 aliphatic heterocycles. The molecule has 1 aromatic rings. The topological polar surface area (TPSA) is 67.3 Å². The zero-order valence-electron chi connectivity index (χ0n) is 6.20. The maximum atomic E-state index is 10.7. The SMILES string of the molecule is CC(=O)[AsH]c1nc(C(=O)O)cs1. The van der Waals surface area contributed by atoms with Crippen LogP contribution in [0.3, 0.4) is 0 Å². The number of carboxylic acid groups (broad SMARTS) is 1. The first-order valence-electron chi connectivity index (χ1n) is 3.06. The molecule has 0 radical (unpaired) electrons. The van der Waals surface area contributed by atoms with Gasteiger partial charge in [-0.1, -0.05) is 0 Å². The van der Waals surface area contributed by atoms with Crippen LogP contribution in [0, 0.1) is 0 Å². The van der Waals surface area contributed by atoms with E-state index in [1.165, 1.54) is 23.6 Å². The van der Waals surface area contributed by atoms with E-state index >= 15 is 0 Å². The van der Waals surface area contributed by atoms with Gasteiger partial charge in [0.2, 0.25) is 0 Å². The number of hydrogen-bond donors (Lipinski definition) is 1. The van der Waals surface area contributed by atoms with Gasteiger partial charge in [0.05, 0.1) is 0 Å². The normalized spacial score (nSPS) is 10.8. The third-order valence-corrected chi connectivity index (χ3v) is 4.36. The van der Waals surface area contributed by atoms with E-state index < -0.39 is 21.7 Å². The molecule has 0 aromatic carbocycles. The molecule has 1 aromatic heterocycles. The molecule has 0 bridgehead atoms. The van der Waals surface area contributed by atoms with Gasteiger partial charge in [-0.3, -0.25) is 0 Å². The van der Waals surface area contributed by atoms with Crippen LogP contribution >= 0.6 is 11.3 Å². The molecule has 1 unspecified atom stereocenters. The van der Waals surface area contributed by atoms with E-state index in [4.69, 9.17) is 5.11 Å². The molecule has 0 amide bonds. The van der Waals surface area contributed by atoms with Gasteiger partial charge in [-0.2, -0.15) is 0 Å². The van der Waals surface area contributed by atoms with Crippen molar-refractivity contribution in [2.45, 2.75) is 6.92 Å². The predicted molar refractivity (Wildman–Crippen MR) is 46.5 cm³/mol. The van der Waals surface area contributed by atoms with Crippen LogP contribution in [0.15, 0.2) is 5.38 Å². The van der Waals surface area contributed by atoms with Crippen LogP contribution < -0.4 is 3.80 Å². The van der Waals surface area contributed by atoms with Gasteiger partial charge in [-0.25, -0.2) is 0 Å². The molecule has 6 heteroatoms. The van der Waals surface area contributed by atoms with Gasteiger partial charge in [0.1, 0.15) is 0 Å². The van der Waals surface area contributed by atoms with Crippen LogP contribution in [-0.4, -0.2) is 36.4 Å². The fourth-order valence-electron chi connectivity index (χ4n) is 0.580. The van der Waals surface area contributed by atoms with Crippen molar-refractivity contribution < 1.29 is 14.7 Å². The average molecular weight is 247 g/mol. The Balaban J connectivity index is 2.77. The summed E-state index contributed by atoms with van der Waals surface area (Å²) in [6.07, 6.45) is 0. The molecule has 0 aliphatic carbocycles. The Morgan fingerprint density at radius 1 is 1.67 bits per heavy atom. The second-order valence-electron chi connectivity index (χ2n) is 2.02. The van der Waals surface area contributed by atoms with E-state index in [0.717, 1.165) is 0 Å². The van der Waals surface area contributed by atoms with Gasteiger partial charge in [0.15, 0.2) is 0 Å². The summed E-state index contributed by atoms with van der Waals surface area (Å²) >= 11 is 0.387. The monoisotopic (exact) mass is 247 g/mol. The minimum atomic E-state index is -1.03. The standard InChI is InChI=1S/C6H6AsNO3S/c1-3(9)7-6-8-4(2-12-6)5(10)11/h2,7H,1H3,(H,10,11). The first-order chi connectivity index (χ1) is 5.59. The summed E-state index contributed by atoms with van der Waals surface area (Å²) in [6.45, 7) is 1.50. The number of carbonyl (C=O) groups excluding carboxylic acids is 1. The van der Waals surface area contributed by atoms with E-state index in [1.807, 2.05) is 0 Å². The molecule has 0 spiro atoms. The van der Waals surface area contributed by atoms with Crippen LogP contribution in [0.1, 0.15) is 17.4 Å². The van der Waals surface area contributed by atoms with Gasteiger partial charge < -0.3 is 0 Å². The van der Waals surface area contributed by atoms with E-state index in [1.54, 1.807) is 0 Å². The Bertz CT molecular complexity index is 322. The summed E-state index contributed by atoms with van der Waals surface area (Å²) in [6, 6.07) is 0. The third-order valence-electron chi connectivity index (χ3n) is 1.01. The Morgan fingerprint density at radius 2 is 2.33 bits per heavy atom. The fourth-order valence-corrected chi connectivity index (χ4v) is 3.66. The third kappa shape index (κ3) is 2.43. The van der Waals surface area contributed by atoms with Crippen LogP contribution in [0.25, 0.3) is 0 Å². The summed E-state index contributed by atoms with van der Waals surface area (Å²) in [4.78, 5) is 24.8. The Morgan fingerprint density at radius 3 is 2.75 bits per heavy atom. The van der Waals surface area contributed by atoms with Gasteiger partial charge in [0, 0.05) is 0 Å². The van der Waals surface area contributed by atoms with Crippen LogP contribution in [0.4, 0.5) is 0 Å². The number of hydrogen-bond acceptors (Lipinski definition) is 4. The second-order valence-corrected chi connectivity index (χ2v) is 6.64. The van der Waals surface area contributed by atoms with Gasteiger partial charge in [0.25, 0.3) is 0 Å². The molecule has 0 fully saturated rings. The Hall–Kier alpha value is -0.672. The van der Waals surface area contributed by atoms with Crippen LogP contribution in [0.2, 0.25) is 0 Å². The van der Waals surface area contributed by atoms with Crippen molar-refractivity contribution >= 4 is 41.4 Å². The van der Waals surface area contributed by atoms with Gasteiger partial charge in [-0.15, -0.1) is 0 Å². The molecular formula is C6H6AsNO3S. The summed E-state index contributed by atoms with van der Waals surface area (Å²) in [5.74, 6) is -1.03. The summed E-state index contributed by atoms with van der Waals surface area (Å²) in [5, 5.41) is 9.97. The van der Waals surface area contributed by atoms with Crippen LogP contribution in [-0.2, 0) is 4.79 Å². The number of thiazole rings is 1. The zero-order chi connectivity index (χ0) is 9.14. The summed E-state index contributed by atoms with van der Waals surface area (Å²) in [5.41, 5.74) is 0.0417. The maximum absolute atomic E-state index is 10.7. The van der Waals surface area contributed by atoms with E-state index in [-0.39, 0.29) is 10.3 Å². The summed E-state index contributed by atoms with van der Waals surface area (Å²) < 4.78 is 0.793. The molecule has 1 rings (SSSR count). The number of aromatic nitrogens is 1. The van der Waals surface area contributed by atoms with E-state index in [2.05, 4.69) is 4.98 Å². The first kappa shape index (κ1) is 9.42. The van der Waals surface area contributed by atoms with Crippen LogP contribution in [0.5, 0.6) is 0 Å². The number of aromatic carboxylic acids is 1. The Labute approximate surface area is 79.3 Å². The second kappa shape index (κ2) is 3.83. The minimum absolute atomic E-state index is 0.0417. The molecule has 12 heavy (non-hydrogen) atoms. The van der Waals surface area contributed by atoms with E-state index in [9.17, 15) is 9.59 Å². The summed E-state index contributed by atoms with van der Waals surface area (Å²) in [7, 11) is 0. The van der Waals surface area contributed by atoms with Crippen molar-refractivity contribution in [2.24, 2.45) is 0 Å². The molecule has 64 valence electrons. The number of carbonyl (C=O) groups is 2. The van der Waals surface area contributed by atoms with E-state index in [0.29, 0.717) is 3.80 Å². The first-order valence-corrected chi connectivity index (χ1v) is 6.04. The number of rotatable bonds is 3. The van der Waals surface area contributed by atoms with Crippen molar-refractivity contribution in [3.05, 3.63) is 11.1 Å². The zero-order valence-corrected chi connectivity index (χ0v) is 9.11. The molecule has 1 N–H and O–H groups in total. The van der Waals surface area contributed by atoms with Crippen molar-refractivity contribution in [3.8, 4) is 0 Å². The molecule has 0 aliphatic rings. The molecule has 1 atom stereocenters. The van der Waals surface area contributed by atoms with Gasteiger partial charge >= 0.3 is 79.1 Å². The van der Waals surface area contributed by atoms with Crippen molar-refractivity contribution in [3.63, 3.8) is 0 Å². The molecule has 4 nitrogen and oxygen atoms in total. The van der Waals surface area contributed by atoms with Gasteiger partial charge in [-0.05, 0) is 0 Å². The molecular weight excluding hydrogens is 241 g/mol. The predicted octanol–water partition coefficient (Wildman–Crippen LogP) is -0.550. The quantitative estimate of drug-likeness (QED) is 0.728. The number of carboxylic acids is 1. The molecule has 0 saturated heterocycles. The van der Waals surface area contributed by atoms with Crippen molar-refractivity contribution in [2.75, 3.05) is 0 Å². The molecule has 1 heterocycles. The number of nitrogens with zero attached hydrogens (tertiary/aromatic N) is 1. The van der Waals surface area contributed by atoms with Crippen molar-refractivity contribution in [1.82, 2.24) is 4.98 Å². The Kier molecular flexibility index (Phi) is 3.00. The van der Waals surface area contributed by atoms with Crippen molar-refractivity contribution in [1.29, 1.82) is 0 Å².